The monoisotopic (exact) mass is 461 g/mol. The number of hydrogen-bond donors (Lipinski definition) is 1. The van der Waals surface area contributed by atoms with Crippen molar-refractivity contribution in [1.29, 1.82) is 0 Å². The Balaban J connectivity index is 2.15. The molecule has 33 heavy (non-hydrogen) atoms. The third-order valence-electron chi connectivity index (χ3n) is 5.86. The maximum absolute atomic E-state index is 14.7. The molecule has 2 atom stereocenters. The van der Waals surface area contributed by atoms with Gasteiger partial charge in [0.1, 0.15) is 0 Å². The van der Waals surface area contributed by atoms with E-state index in [1.165, 1.54) is 7.11 Å². The van der Waals surface area contributed by atoms with Gasteiger partial charge in [0.2, 0.25) is 7.29 Å². The van der Waals surface area contributed by atoms with Crippen molar-refractivity contribution in [2.75, 3.05) is 7.11 Å². The van der Waals surface area contributed by atoms with Gasteiger partial charge in [-0.25, -0.2) is 4.79 Å². The molecule has 0 aliphatic heterocycles. The summed E-state index contributed by atoms with van der Waals surface area (Å²) in [5.41, 5.74) is 1.24. The number of methoxy groups -OCH3 is 1. The molecule has 4 nitrogen and oxygen atoms in total. The number of rotatable bonds is 8. The normalized spacial score (nSPS) is 13.7. The Morgan fingerprint density at radius 1 is 0.909 bits per heavy atom. The third-order valence-corrected chi connectivity index (χ3v) is 8.56. The van der Waals surface area contributed by atoms with E-state index in [1.807, 2.05) is 78.9 Å². The number of esters is 1. The van der Waals surface area contributed by atoms with Crippen LogP contribution in [0.25, 0.3) is 0 Å². The average Bonchev–Trinajstić information content (AvgIpc) is 2.83. The Hall–Kier alpha value is -2.94. The molecule has 0 unspecified atom stereocenters. The molecule has 3 aromatic carbocycles. The molecule has 0 saturated heterocycles. The fourth-order valence-corrected chi connectivity index (χ4v) is 6.55. The summed E-state index contributed by atoms with van der Waals surface area (Å²) in [4.78, 5) is 11.9. The molecule has 0 bridgehead atoms. The van der Waals surface area contributed by atoms with Crippen molar-refractivity contribution < 1.29 is 14.1 Å². The molecule has 0 aliphatic rings. The smallest absolute Gasteiger partial charge is 0.337 e. The van der Waals surface area contributed by atoms with Crippen molar-refractivity contribution in [3.8, 4) is 0 Å². The first-order valence-corrected chi connectivity index (χ1v) is 12.7. The molecule has 0 aliphatic carbocycles. The minimum Gasteiger partial charge on any atom is -0.465 e. The minimum atomic E-state index is -3.21. The van der Waals surface area contributed by atoms with Crippen molar-refractivity contribution >= 4 is 23.9 Å². The van der Waals surface area contributed by atoms with Gasteiger partial charge < -0.3 is 4.74 Å². The predicted molar refractivity (Wildman–Crippen MR) is 137 cm³/mol. The standard InChI is InChI=1S/C28H32NO3P/c1-6-25(28(2,3)4)26(21-17-19-22(20-18-21)27(30)32-5)29-33(31,23-13-9-7-10-14-23)24-15-11-8-12-16-24/h6-20,25-26H,1H2,2-5H3,(H,29,31)/t25-,26-/m1/s1. The van der Waals surface area contributed by atoms with Crippen LogP contribution in [-0.4, -0.2) is 13.1 Å². The van der Waals surface area contributed by atoms with Gasteiger partial charge in [-0.3, -0.25) is 9.65 Å². The lowest BCUT2D eigenvalue weighted by molar-refractivity contribution is 0.0600. The van der Waals surface area contributed by atoms with Crippen molar-refractivity contribution in [2.24, 2.45) is 11.3 Å². The van der Waals surface area contributed by atoms with Gasteiger partial charge in [0.15, 0.2) is 0 Å². The number of carbonyl (C=O) groups is 1. The van der Waals surface area contributed by atoms with Gasteiger partial charge in [-0.1, -0.05) is 75.4 Å². The topological polar surface area (TPSA) is 55.4 Å². The summed E-state index contributed by atoms with van der Waals surface area (Å²) in [6.45, 7) is 10.5. The Morgan fingerprint density at radius 3 is 1.79 bits per heavy atom. The van der Waals surface area contributed by atoms with Crippen molar-refractivity contribution in [3.05, 3.63) is 109 Å². The molecule has 0 radical (unpaired) electrons. The number of benzene rings is 3. The maximum Gasteiger partial charge on any atom is 0.337 e. The summed E-state index contributed by atoms with van der Waals surface area (Å²) in [6.07, 6.45) is 1.92. The van der Waals surface area contributed by atoms with Crippen LogP contribution in [0.4, 0.5) is 0 Å². The Kier molecular flexibility index (Phi) is 7.73. The van der Waals surface area contributed by atoms with E-state index in [2.05, 4.69) is 32.4 Å². The molecule has 5 heteroatoms. The zero-order valence-corrected chi connectivity index (χ0v) is 20.6. The number of ether oxygens (including phenoxy) is 1. The maximum atomic E-state index is 14.7. The fraction of sp³-hybridized carbons (Fsp3) is 0.250. The van der Waals surface area contributed by atoms with E-state index >= 15 is 0 Å². The molecule has 3 aromatic rings. The first-order chi connectivity index (χ1) is 15.7. The molecule has 0 aromatic heterocycles. The summed E-state index contributed by atoms with van der Waals surface area (Å²) in [5.74, 6) is -0.427. The van der Waals surface area contributed by atoms with E-state index in [0.29, 0.717) is 5.56 Å². The highest BCUT2D eigenvalue weighted by molar-refractivity contribution is 7.76. The van der Waals surface area contributed by atoms with Crippen LogP contribution in [-0.2, 0) is 9.30 Å². The van der Waals surface area contributed by atoms with Gasteiger partial charge in [0, 0.05) is 22.6 Å². The van der Waals surface area contributed by atoms with Gasteiger partial charge >= 0.3 is 5.97 Å². The molecular formula is C28H32NO3P. The van der Waals surface area contributed by atoms with E-state index in [-0.39, 0.29) is 23.3 Å². The lowest BCUT2D eigenvalue weighted by Gasteiger charge is -2.38. The highest BCUT2D eigenvalue weighted by atomic mass is 31.2. The predicted octanol–water partition coefficient (Wildman–Crippen LogP) is 5.88. The fourth-order valence-electron chi connectivity index (χ4n) is 4.07. The lowest BCUT2D eigenvalue weighted by atomic mass is 9.74. The van der Waals surface area contributed by atoms with Gasteiger partial charge in [-0.15, -0.1) is 6.58 Å². The van der Waals surface area contributed by atoms with Gasteiger partial charge in [0.25, 0.3) is 0 Å². The van der Waals surface area contributed by atoms with Crippen molar-refractivity contribution in [2.45, 2.75) is 26.8 Å². The summed E-state index contributed by atoms with van der Waals surface area (Å²) in [5, 5.41) is 5.05. The van der Waals surface area contributed by atoms with Crippen LogP contribution in [0.15, 0.2) is 97.6 Å². The van der Waals surface area contributed by atoms with Crippen molar-refractivity contribution in [3.63, 3.8) is 0 Å². The third kappa shape index (κ3) is 5.52. The van der Waals surface area contributed by atoms with E-state index < -0.39 is 7.29 Å². The van der Waals surface area contributed by atoms with Crippen LogP contribution < -0.4 is 15.7 Å². The number of nitrogens with one attached hydrogen (secondary N) is 1. The van der Waals surface area contributed by atoms with Crippen molar-refractivity contribution in [1.82, 2.24) is 5.09 Å². The molecule has 3 rings (SSSR count). The quantitative estimate of drug-likeness (QED) is 0.259. The Bertz CT molecular complexity index is 1080. The van der Waals surface area contributed by atoms with E-state index in [4.69, 9.17) is 4.74 Å². The minimum absolute atomic E-state index is 0.0396. The zero-order valence-electron chi connectivity index (χ0n) is 19.7. The molecule has 172 valence electrons. The summed E-state index contributed by atoms with van der Waals surface area (Å²) >= 11 is 0. The van der Waals surface area contributed by atoms with E-state index in [0.717, 1.165) is 16.2 Å². The number of carbonyl (C=O) groups excluding carboxylic acids is 1. The van der Waals surface area contributed by atoms with Crippen LogP contribution in [0, 0.1) is 11.3 Å². The zero-order chi connectivity index (χ0) is 24.1. The van der Waals surface area contributed by atoms with Crippen LogP contribution in [0.2, 0.25) is 0 Å². The van der Waals surface area contributed by atoms with Gasteiger partial charge in [-0.05, 0) is 47.4 Å². The lowest BCUT2D eigenvalue weighted by Crippen LogP contribution is -2.37. The largest absolute Gasteiger partial charge is 0.465 e. The Labute approximate surface area is 197 Å². The molecule has 0 saturated carbocycles. The van der Waals surface area contributed by atoms with Gasteiger partial charge in [-0.2, -0.15) is 0 Å². The molecule has 0 heterocycles. The molecular weight excluding hydrogens is 429 g/mol. The average molecular weight is 462 g/mol. The van der Waals surface area contributed by atoms with Crippen LogP contribution >= 0.6 is 7.29 Å². The van der Waals surface area contributed by atoms with Crippen LogP contribution in [0.5, 0.6) is 0 Å². The first kappa shape index (κ1) is 24.7. The highest BCUT2D eigenvalue weighted by Crippen LogP contribution is 2.47. The summed E-state index contributed by atoms with van der Waals surface area (Å²) in [6, 6.07) is 26.0. The van der Waals surface area contributed by atoms with E-state index in [1.54, 1.807) is 12.1 Å². The van der Waals surface area contributed by atoms with Crippen LogP contribution in [0.3, 0.4) is 0 Å². The second-order valence-electron chi connectivity index (χ2n) is 9.13. The van der Waals surface area contributed by atoms with Gasteiger partial charge in [0.05, 0.1) is 12.7 Å². The second-order valence-corrected chi connectivity index (χ2v) is 11.6. The Morgan fingerprint density at radius 2 is 1.39 bits per heavy atom. The molecule has 1 N–H and O–H groups in total. The highest BCUT2D eigenvalue weighted by Gasteiger charge is 2.37. The summed E-state index contributed by atoms with van der Waals surface area (Å²) < 4.78 is 19.6. The van der Waals surface area contributed by atoms with Crippen LogP contribution in [0.1, 0.15) is 42.7 Å². The van der Waals surface area contributed by atoms with E-state index in [9.17, 15) is 9.36 Å². The molecule has 0 fully saturated rings. The molecule has 0 amide bonds. The summed E-state index contributed by atoms with van der Waals surface area (Å²) in [7, 11) is -1.84. The number of hydrogen-bond acceptors (Lipinski definition) is 3. The first-order valence-electron chi connectivity index (χ1n) is 11.0. The second kappa shape index (κ2) is 10.3. The molecule has 0 spiro atoms. The SMILES string of the molecule is C=C[C@H]([C@H](NP(=O)(c1ccccc1)c1ccccc1)c1ccc(C(=O)OC)cc1)C(C)(C)C.